The van der Waals surface area contributed by atoms with Gasteiger partial charge in [0.05, 0.1) is 6.61 Å². The fourth-order valence-corrected chi connectivity index (χ4v) is 3.54. The maximum atomic E-state index is 6.28. The molecule has 2 nitrogen and oxygen atoms in total. The molecule has 1 aromatic rings. The molecule has 1 aliphatic carbocycles. The van der Waals surface area contributed by atoms with Crippen LogP contribution in [0.4, 0.5) is 0 Å². The molecular formula is C15H21NO. The van der Waals surface area contributed by atoms with Crippen LogP contribution in [-0.4, -0.2) is 31.1 Å². The Bertz CT molecular complexity index is 374. The van der Waals surface area contributed by atoms with Crippen LogP contribution in [0, 0.1) is 0 Å². The third-order valence-corrected chi connectivity index (χ3v) is 4.41. The molecule has 0 spiro atoms. The minimum Gasteiger partial charge on any atom is -0.367 e. The summed E-state index contributed by atoms with van der Waals surface area (Å²) in [5.74, 6) is 0. The Morgan fingerprint density at radius 1 is 1.24 bits per heavy atom. The molecule has 1 saturated carbocycles. The van der Waals surface area contributed by atoms with Gasteiger partial charge in [-0.3, -0.25) is 4.90 Å². The van der Waals surface area contributed by atoms with Crippen molar-refractivity contribution in [1.29, 1.82) is 0 Å². The number of nitrogens with zero attached hydrogens (tertiary/aromatic N) is 1. The highest BCUT2D eigenvalue weighted by atomic mass is 16.5. The topological polar surface area (TPSA) is 12.5 Å². The van der Waals surface area contributed by atoms with Crippen LogP contribution in [0.1, 0.15) is 31.2 Å². The van der Waals surface area contributed by atoms with E-state index in [0.29, 0.717) is 6.04 Å². The molecule has 2 aliphatic rings. The Kier molecular flexibility index (Phi) is 2.93. The second-order valence-electron chi connectivity index (χ2n) is 5.35. The summed E-state index contributed by atoms with van der Waals surface area (Å²) in [6.45, 7) is 1.93. The van der Waals surface area contributed by atoms with Gasteiger partial charge in [-0.05, 0) is 25.5 Å². The molecule has 92 valence electrons. The van der Waals surface area contributed by atoms with Crippen molar-refractivity contribution in [3.8, 4) is 0 Å². The Morgan fingerprint density at radius 2 is 2.06 bits per heavy atom. The number of hydrogen-bond acceptors (Lipinski definition) is 2. The molecule has 0 bridgehead atoms. The fourth-order valence-electron chi connectivity index (χ4n) is 3.54. The summed E-state index contributed by atoms with van der Waals surface area (Å²) in [7, 11) is 2.25. The zero-order valence-electron chi connectivity index (χ0n) is 10.6. The van der Waals surface area contributed by atoms with E-state index < -0.39 is 0 Å². The zero-order valence-corrected chi connectivity index (χ0v) is 10.6. The molecule has 3 rings (SSSR count). The second kappa shape index (κ2) is 4.43. The number of rotatable bonds is 1. The number of benzene rings is 1. The van der Waals surface area contributed by atoms with E-state index in [1.165, 1.54) is 31.2 Å². The minimum absolute atomic E-state index is 0.0352. The molecule has 0 aromatic heterocycles. The van der Waals surface area contributed by atoms with Gasteiger partial charge in [-0.25, -0.2) is 0 Å². The van der Waals surface area contributed by atoms with Crippen molar-refractivity contribution >= 4 is 0 Å². The van der Waals surface area contributed by atoms with Crippen LogP contribution in [0.2, 0.25) is 0 Å². The average molecular weight is 231 g/mol. The highest BCUT2D eigenvalue weighted by molar-refractivity contribution is 5.26. The Balaban J connectivity index is 2.01. The van der Waals surface area contributed by atoms with E-state index in [1.807, 2.05) is 0 Å². The summed E-state index contributed by atoms with van der Waals surface area (Å²) < 4.78 is 6.28. The van der Waals surface area contributed by atoms with Crippen molar-refractivity contribution in [2.24, 2.45) is 0 Å². The first-order valence-electron chi connectivity index (χ1n) is 6.73. The summed E-state index contributed by atoms with van der Waals surface area (Å²) >= 11 is 0. The first-order chi connectivity index (χ1) is 8.33. The Labute approximate surface area is 104 Å². The van der Waals surface area contributed by atoms with E-state index in [0.717, 1.165) is 13.2 Å². The van der Waals surface area contributed by atoms with Gasteiger partial charge in [0.25, 0.3) is 0 Å². The van der Waals surface area contributed by atoms with E-state index in [4.69, 9.17) is 4.74 Å². The SMILES string of the molecule is CN1CCO[C@]2(c3ccccc3)CCCC[C@@H]12. The average Bonchev–Trinajstić information content (AvgIpc) is 2.40. The molecule has 1 aliphatic heterocycles. The highest BCUT2D eigenvalue weighted by Gasteiger charge is 2.47. The number of ether oxygens (including phenoxy) is 1. The van der Waals surface area contributed by atoms with Crippen molar-refractivity contribution in [2.75, 3.05) is 20.2 Å². The molecule has 0 radical (unpaired) electrons. The fraction of sp³-hybridized carbons (Fsp3) is 0.600. The highest BCUT2D eigenvalue weighted by Crippen LogP contribution is 2.44. The van der Waals surface area contributed by atoms with Crippen LogP contribution in [-0.2, 0) is 10.3 Å². The molecule has 0 unspecified atom stereocenters. The van der Waals surface area contributed by atoms with Gasteiger partial charge >= 0.3 is 0 Å². The van der Waals surface area contributed by atoms with Gasteiger partial charge in [-0.2, -0.15) is 0 Å². The van der Waals surface area contributed by atoms with Crippen LogP contribution in [0.15, 0.2) is 30.3 Å². The molecule has 0 N–H and O–H groups in total. The van der Waals surface area contributed by atoms with Crippen LogP contribution >= 0.6 is 0 Å². The zero-order chi connectivity index (χ0) is 11.7. The number of morpholine rings is 1. The first kappa shape index (κ1) is 11.2. The van der Waals surface area contributed by atoms with E-state index in [-0.39, 0.29) is 5.60 Å². The predicted octanol–water partition coefficient (Wildman–Crippen LogP) is 2.79. The van der Waals surface area contributed by atoms with Crippen LogP contribution in [0.3, 0.4) is 0 Å². The van der Waals surface area contributed by atoms with Crippen molar-refractivity contribution in [3.63, 3.8) is 0 Å². The molecule has 2 heteroatoms. The van der Waals surface area contributed by atoms with Crippen LogP contribution in [0.25, 0.3) is 0 Å². The molecule has 17 heavy (non-hydrogen) atoms. The predicted molar refractivity (Wildman–Crippen MR) is 69.0 cm³/mol. The summed E-state index contributed by atoms with van der Waals surface area (Å²) in [4.78, 5) is 2.50. The lowest BCUT2D eigenvalue weighted by Gasteiger charge is -2.51. The lowest BCUT2D eigenvalue weighted by atomic mass is 9.74. The van der Waals surface area contributed by atoms with Gasteiger partial charge in [0.2, 0.25) is 0 Å². The maximum Gasteiger partial charge on any atom is 0.109 e. The van der Waals surface area contributed by atoms with E-state index in [2.05, 4.69) is 42.3 Å². The third-order valence-electron chi connectivity index (χ3n) is 4.41. The summed E-state index contributed by atoms with van der Waals surface area (Å²) in [5, 5.41) is 0. The van der Waals surface area contributed by atoms with Gasteiger partial charge in [0, 0.05) is 12.6 Å². The largest absolute Gasteiger partial charge is 0.367 e. The van der Waals surface area contributed by atoms with E-state index >= 15 is 0 Å². The standard InChI is InChI=1S/C15H21NO/c1-16-11-12-17-15(10-6-5-9-14(15)16)13-7-3-2-4-8-13/h2-4,7-8,14H,5-6,9-12H2,1H3/t14-,15+/m1/s1. The summed E-state index contributed by atoms with van der Waals surface area (Å²) in [5.41, 5.74) is 1.34. The first-order valence-corrected chi connectivity index (χ1v) is 6.73. The smallest absolute Gasteiger partial charge is 0.109 e. The molecule has 1 aromatic carbocycles. The molecule has 1 saturated heterocycles. The number of likely N-dealkylation sites (N-methyl/N-ethyl adjacent to an activating group) is 1. The Morgan fingerprint density at radius 3 is 2.88 bits per heavy atom. The van der Waals surface area contributed by atoms with Gasteiger partial charge in [0.1, 0.15) is 5.60 Å². The van der Waals surface area contributed by atoms with E-state index in [9.17, 15) is 0 Å². The molecular weight excluding hydrogens is 210 g/mol. The molecule has 0 amide bonds. The Hall–Kier alpha value is -0.860. The molecule has 1 heterocycles. The number of hydrogen-bond donors (Lipinski definition) is 0. The lowest BCUT2D eigenvalue weighted by Crippen LogP contribution is -2.57. The third kappa shape index (κ3) is 1.80. The summed E-state index contributed by atoms with van der Waals surface area (Å²) in [6.07, 6.45) is 5.07. The van der Waals surface area contributed by atoms with Crippen molar-refractivity contribution in [3.05, 3.63) is 35.9 Å². The van der Waals surface area contributed by atoms with Crippen molar-refractivity contribution in [1.82, 2.24) is 4.90 Å². The lowest BCUT2D eigenvalue weighted by molar-refractivity contribution is -0.165. The minimum atomic E-state index is -0.0352. The summed E-state index contributed by atoms with van der Waals surface area (Å²) in [6, 6.07) is 11.4. The quantitative estimate of drug-likeness (QED) is 0.737. The van der Waals surface area contributed by atoms with Gasteiger partial charge in [-0.1, -0.05) is 43.2 Å². The monoisotopic (exact) mass is 231 g/mol. The number of fused-ring (bicyclic) bond motifs is 1. The second-order valence-corrected chi connectivity index (χ2v) is 5.35. The van der Waals surface area contributed by atoms with Crippen molar-refractivity contribution < 1.29 is 4.74 Å². The van der Waals surface area contributed by atoms with E-state index in [1.54, 1.807) is 0 Å². The molecule has 2 atom stereocenters. The van der Waals surface area contributed by atoms with Crippen LogP contribution in [0.5, 0.6) is 0 Å². The molecule has 2 fully saturated rings. The van der Waals surface area contributed by atoms with Crippen molar-refractivity contribution in [2.45, 2.75) is 37.3 Å². The maximum absolute atomic E-state index is 6.28. The van der Waals surface area contributed by atoms with Gasteiger partial charge < -0.3 is 4.74 Å². The van der Waals surface area contributed by atoms with Gasteiger partial charge in [0.15, 0.2) is 0 Å². The van der Waals surface area contributed by atoms with Gasteiger partial charge in [-0.15, -0.1) is 0 Å². The van der Waals surface area contributed by atoms with Crippen LogP contribution < -0.4 is 0 Å². The normalized spacial score (nSPS) is 34.3.